The average Bonchev–Trinajstić information content (AvgIpc) is 2.15. The van der Waals surface area contributed by atoms with Gasteiger partial charge in [0.05, 0.1) is 6.04 Å². The topological polar surface area (TPSA) is 46.3 Å². The summed E-state index contributed by atoms with van der Waals surface area (Å²) in [4.78, 5) is 13.9. The summed E-state index contributed by atoms with van der Waals surface area (Å²) in [7, 11) is 0. The minimum Gasteiger partial charge on any atom is -0.341 e. The van der Waals surface area contributed by atoms with Crippen LogP contribution in [-0.2, 0) is 4.79 Å². The Morgan fingerprint density at radius 2 is 2.20 bits per heavy atom. The van der Waals surface area contributed by atoms with Crippen molar-refractivity contribution in [1.29, 1.82) is 0 Å². The maximum atomic E-state index is 12.0. The summed E-state index contributed by atoms with van der Waals surface area (Å²) < 4.78 is 0. The van der Waals surface area contributed by atoms with Gasteiger partial charge in [0.2, 0.25) is 5.91 Å². The first kappa shape index (κ1) is 12.5. The molecule has 1 atom stereocenters. The number of nitrogens with two attached hydrogens (primary N) is 1. The van der Waals surface area contributed by atoms with Crippen LogP contribution in [0.25, 0.3) is 0 Å². The molecular formula is C12H24N2O. The van der Waals surface area contributed by atoms with Gasteiger partial charge in [-0.05, 0) is 24.7 Å². The molecule has 3 heteroatoms. The zero-order chi connectivity index (χ0) is 11.5. The Morgan fingerprint density at radius 1 is 1.53 bits per heavy atom. The van der Waals surface area contributed by atoms with Crippen LogP contribution in [0.1, 0.15) is 46.5 Å². The predicted octanol–water partition coefficient (Wildman–Crippen LogP) is 1.76. The molecule has 0 saturated carbocycles. The highest BCUT2D eigenvalue weighted by molar-refractivity contribution is 5.81. The molecule has 0 aromatic carbocycles. The lowest BCUT2D eigenvalue weighted by molar-refractivity contribution is -0.135. The highest BCUT2D eigenvalue weighted by atomic mass is 16.2. The van der Waals surface area contributed by atoms with Crippen LogP contribution in [-0.4, -0.2) is 29.9 Å². The highest BCUT2D eigenvalue weighted by Gasteiger charge is 2.30. The van der Waals surface area contributed by atoms with Crippen molar-refractivity contribution in [3.63, 3.8) is 0 Å². The van der Waals surface area contributed by atoms with Crippen molar-refractivity contribution in [2.24, 2.45) is 11.1 Å². The fourth-order valence-corrected chi connectivity index (χ4v) is 2.28. The average molecular weight is 212 g/mol. The van der Waals surface area contributed by atoms with Gasteiger partial charge >= 0.3 is 0 Å². The van der Waals surface area contributed by atoms with Gasteiger partial charge in [-0.15, -0.1) is 0 Å². The molecular weight excluding hydrogens is 188 g/mol. The third-order valence-corrected chi connectivity index (χ3v) is 3.13. The summed E-state index contributed by atoms with van der Waals surface area (Å²) in [6.45, 7) is 8.26. The third kappa shape index (κ3) is 3.49. The van der Waals surface area contributed by atoms with Crippen LogP contribution >= 0.6 is 0 Å². The van der Waals surface area contributed by atoms with E-state index < -0.39 is 0 Å². The number of amides is 1. The van der Waals surface area contributed by atoms with E-state index in [1.54, 1.807) is 0 Å². The zero-order valence-electron chi connectivity index (χ0n) is 10.3. The van der Waals surface area contributed by atoms with Gasteiger partial charge in [-0.3, -0.25) is 4.79 Å². The van der Waals surface area contributed by atoms with E-state index in [-0.39, 0.29) is 17.4 Å². The lowest BCUT2D eigenvalue weighted by Crippen LogP contribution is -2.50. The maximum absolute atomic E-state index is 12.0. The number of carbonyl (C=O) groups is 1. The Hall–Kier alpha value is -0.570. The molecule has 2 N–H and O–H groups in total. The van der Waals surface area contributed by atoms with Crippen molar-refractivity contribution in [2.45, 2.75) is 52.5 Å². The van der Waals surface area contributed by atoms with E-state index in [1.165, 1.54) is 6.42 Å². The summed E-state index contributed by atoms with van der Waals surface area (Å²) in [5.74, 6) is 0.143. The standard InChI is InChI=1S/C12H24N2O/c1-4-6-10(13)11(15)14-8-5-7-12(2,3)9-14/h10H,4-9,13H2,1-3H3/t10-/m1/s1. The van der Waals surface area contributed by atoms with E-state index in [2.05, 4.69) is 20.8 Å². The van der Waals surface area contributed by atoms with E-state index in [1.807, 2.05) is 4.90 Å². The van der Waals surface area contributed by atoms with E-state index in [0.29, 0.717) is 0 Å². The molecule has 1 rings (SSSR count). The number of likely N-dealkylation sites (tertiary alicyclic amines) is 1. The Balaban J connectivity index is 2.52. The number of hydrogen-bond acceptors (Lipinski definition) is 2. The number of hydrogen-bond donors (Lipinski definition) is 1. The van der Waals surface area contributed by atoms with E-state index >= 15 is 0 Å². The van der Waals surface area contributed by atoms with Gasteiger partial charge in [-0.25, -0.2) is 0 Å². The molecule has 1 heterocycles. The molecule has 0 spiro atoms. The second-order valence-corrected chi connectivity index (χ2v) is 5.42. The summed E-state index contributed by atoms with van der Waals surface area (Å²) in [5, 5.41) is 0. The largest absolute Gasteiger partial charge is 0.341 e. The number of rotatable bonds is 3. The van der Waals surface area contributed by atoms with Gasteiger partial charge < -0.3 is 10.6 Å². The summed E-state index contributed by atoms with van der Waals surface area (Å²) in [6.07, 6.45) is 4.09. The molecule has 0 aliphatic carbocycles. The number of nitrogens with zero attached hydrogens (tertiary/aromatic N) is 1. The Morgan fingerprint density at radius 3 is 2.73 bits per heavy atom. The molecule has 0 radical (unpaired) electrons. The molecule has 0 bridgehead atoms. The van der Waals surface area contributed by atoms with Crippen LogP contribution in [0.4, 0.5) is 0 Å². The van der Waals surface area contributed by atoms with Crippen molar-refractivity contribution < 1.29 is 4.79 Å². The number of piperidine rings is 1. The molecule has 0 unspecified atom stereocenters. The summed E-state index contributed by atoms with van der Waals surface area (Å²) >= 11 is 0. The van der Waals surface area contributed by atoms with Gasteiger partial charge in [0.25, 0.3) is 0 Å². The van der Waals surface area contributed by atoms with E-state index in [4.69, 9.17) is 5.73 Å². The summed E-state index contributed by atoms with van der Waals surface area (Å²) in [5.41, 5.74) is 6.12. The number of carbonyl (C=O) groups excluding carboxylic acids is 1. The zero-order valence-corrected chi connectivity index (χ0v) is 10.3. The van der Waals surface area contributed by atoms with E-state index in [0.717, 1.165) is 32.4 Å². The van der Waals surface area contributed by atoms with Crippen LogP contribution in [0.5, 0.6) is 0 Å². The molecule has 1 fully saturated rings. The van der Waals surface area contributed by atoms with Crippen molar-refractivity contribution in [3.8, 4) is 0 Å². The minimum absolute atomic E-state index is 0.143. The lowest BCUT2D eigenvalue weighted by Gasteiger charge is -2.39. The first-order valence-corrected chi connectivity index (χ1v) is 6.00. The first-order chi connectivity index (χ1) is 6.96. The molecule has 0 aromatic rings. The van der Waals surface area contributed by atoms with Gasteiger partial charge in [-0.1, -0.05) is 27.2 Å². The van der Waals surface area contributed by atoms with Crippen molar-refractivity contribution in [2.75, 3.05) is 13.1 Å². The second-order valence-electron chi connectivity index (χ2n) is 5.42. The van der Waals surface area contributed by atoms with Crippen molar-refractivity contribution >= 4 is 5.91 Å². The molecule has 1 aliphatic rings. The molecule has 0 aromatic heterocycles. The summed E-state index contributed by atoms with van der Waals surface area (Å²) in [6, 6.07) is -0.288. The molecule has 1 amide bonds. The van der Waals surface area contributed by atoms with Crippen LogP contribution < -0.4 is 5.73 Å². The Labute approximate surface area is 93.0 Å². The van der Waals surface area contributed by atoms with Gasteiger partial charge in [0, 0.05) is 13.1 Å². The SMILES string of the molecule is CCC[C@@H](N)C(=O)N1CCCC(C)(C)C1. The molecule has 15 heavy (non-hydrogen) atoms. The second kappa shape index (κ2) is 4.97. The minimum atomic E-state index is -0.288. The van der Waals surface area contributed by atoms with Crippen LogP contribution in [0.3, 0.4) is 0 Å². The molecule has 1 saturated heterocycles. The molecule has 1 aliphatic heterocycles. The van der Waals surface area contributed by atoms with Gasteiger partial charge in [-0.2, -0.15) is 0 Å². The lowest BCUT2D eigenvalue weighted by atomic mass is 9.84. The third-order valence-electron chi connectivity index (χ3n) is 3.13. The van der Waals surface area contributed by atoms with Crippen molar-refractivity contribution in [1.82, 2.24) is 4.90 Å². The Bertz CT molecular complexity index is 226. The Kier molecular flexibility index (Phi) is 4.14. The fraction of sp³-hybridized carbons (Fsp3) is 0.917. The van der Waals surface area contributed by atoms with Crippen molar-refractivity contribution in [3.05, 3.63) is 0 Å². The van der Waals surface area contributed by atoms with Crippen LogP contribution in [0.15, 0.2) is 0 Å². The van der Waals surface area contributed by atoms with Gasteiger partial charge in [0.15, 0.2) is 0 Å². The monoisotopic (exact) mass is 212 g/mol. The fourth-order valence-electron chi connectivity index (χ4n) is 2.28. The van der Waals surface area contributed by atoms with Crippen LogP contribution in [0.2, 0.25) is 0 Å². The van der Waals surface area contributed by atoms with Crippen LogP contribution in [0, 0.1) is 5.41 Å². The maximum Gasteiger partial charge on any atom is 0.239 e. The quantitative estimate of drug-likeness (QED) is 0.775. The molecule has 88 valence electrons. The van der Waals surface area contributed by atoms with Gasteiger partial charge in [0.1, 0.15) is 0 Å². The highest BCUT2D eigenvalue weighted by Crippen LogP contribution is 2.28. The van der Waals surface area contributed by atoms with E-state index in [9.17, 15) is 4.79 Å². The smallest absolute Gasteiger partial charge is 0.239 e. The molecule has 3 nitrogen and oxygen atoms in total. The normalized spacial score (nSPS) is 22.5. The first-order valence-electron chi connectivity index (χ1n) is 6.00. The predicted molar refractivity (Wildman–Crippen MR) is 62.5 cm³/mol.